The molecule has 98 valence electrons. The first-order valence-electron chi connectivity index (χ1n) is 5.87. The molecule has 0 saturated heterocycles. The molecule has 0 atom stereocenters. The molecule has 0 aliphatic heterocycles. The van der Waals surface area contributed by atoms with Crippen molar-refractivity contribution in [3.05, 3.63) is 45.8 Å². The second-order valence-electron chi connectivity index (χ2n) is 4.44. The number of para-hydroxylation sites is 1. The third-order valence-electron chi connectivity index (χ3n) is 2.94. The number of carbonyl (C=O) groups excluding carboxylic acids is 1. The molecule has 1 amide bonds. The molecule has 1 saturated carbocycles. The zero-order valence-electron chi connectivity index (χ0n) is 9.82. The van der Waals surface area contributed by atoms with E-state index in [1.54, 1.807) is 24.3 Å². The molecule has 0 spiro atoms. The number of hydrogen-bond acceptors (Lipinski definition) is 3. The molecule has 6 heteroatoms. The second-order valence-corrected chi connectivity index (χ2v) is 5.25. The van der Waals surface area contributed by atoms with Gasteiger partial charge in [-0.25, -0.2) is 0 Å². The number of hydrogen-bond donors (Lipinski definition) is 1. The standard InChI is InChI=1S/C13H10Cl2N2O2/c14-8-2-1-3-9(15)12(8)16-13(18)10-6-11(19-17-10)7-4-5-7/h1-3,6-7H,4-5H2,(H,16,18). The third kappa shape index (κ3) is 2.60. The van der Waals surface area contributed by atoms with E-state index in [1.807, 2.05) is 0 Å². The van der Waals surface area contributed by atoms with Gasteiger partial charge in [0.1, 0.15) is 5.76 Å². The van der Waals surface area contributed by atoms with Crippen LogP contribution in [0.4, 0.5) is 5.69 Å². The molecular weight excluding hydrogens is 287 g/mol. The van der Waals surface area contributed by atoms with Crippen LogP contribution < -0.4 is 5.32 Å². The smallest absolute Gasteiger partial charge is 0.277 e. The van der Waals surface area contributed by atoms with E-state index in [4.69, 9.17) is 27.7 Å². The van der Waals surface area contributed by atoms with Crippen LogP contribution in [0.15, 0.2) is 28.8 Å². The highest BCUT2D eigenvalue weighted by Crippen LogP contribution is 2.40. The van der Waals surface area contributed by atoms with Gasteiger partial charge in [0.05, 0.1) is 15.7 Å². The molecule has 3 rings (SSSR count). The highest BCUT2D eigenvalue weighted by atomic mass is 35.5. The molecule has 1 aliphatic rings. The summed E-state index contributed by atoms with van der Waals surface area (Å²) in [4.78, 5) is 12.0. The van der Waals surface area contributed by atoms with Crippen LogP contribution in [0.25, 0.3) is 0 Å². The summed E-state index contributed by atoms with van der Waals surface area (Å²) in [7, 11) is 0. The molecule has 0 radical (unpaired) electrons. The van der Waals surface area contributed by atoms with E-state index in [9.17, 15) is 4.79 Å². The van der Waals surface area contributed by atoms with E-state index in [1.165, 1.54) is 0 Å². The zero-order valence-corrected chi connectivity index (χ0v) is 11.3. The van der Waals surface area contributed by atoms with E-state index in [0.29, 0.717) is 21.7 Å². The molecular formula is C13H10Cl2N2O2. The minimum absolute atomic E-state index is 0.234. The van der Waals surface area contributed by atoms with Gasteiger partial charge in [-0.2, -0.15) is 0 Å². The Balaban J connectivity index is 1.80. The van der Waals surface area contributed by atoms with Gasteiger partial charge >= 0.3 is 0 Å². The van der Waals surface area contributed by atoms with Crippen LogP contribution >= 0.6 is 23.2 Å². The first kappa shape index (κ1) is 12.5. The van der Waals surface area contributed by atoms with Crippen LogP contribution in [0.5, 0.6) is 0 Å². The maximum atomic E-state index is 12.0. The lowest BCUT2D eigenvalue weighted by Gasteiger charge is -2.06. The Labute approximate surface area is 119 Å². The van der Waals surface area contributed by atoms with E-state index in [-0.39, 0.29) is 11.6 Å². The van der Waals surface area contributed by atoms with Crippen LogP contribution in [0.2, 0.25) is 10.0 Å². The highest BCUT2D eigenvalue weighted by Gasteiger charge is 2.29. The average Bonchev–Trinajstić information content (AvgIpc) is 3.12. The van der Waals surface area contributed by atoms with Gasteiger partial charge in [-0.3, -0.25) is 4.79 Å². The Hall–Kier alpha value is -1.52. The molecule has 1 aromatic heterocycles. The van der Waals surface area contributed by atoms with Gasteiger partial charge in [0.15, 0.2) is 5.69 Å². The predicted molar refractivity (Wildman–Crippen MR) is 72.9 cm³/mol. The van der Waals surface area contributed by atoms with Crippen LogP contribution in [-0.4, -0.2) is 11.1 Å². The van der Waals surface area contributed by atoms with Crippen molar-refractivity contribution in [2.45, 2.75) is 18.8 Å². The van der Waals surface area contributed by atoms with Crippen LogP contribution in [0, 0.1) is 0 Å². The monoisotopic (exact) mass is 296 g/mol. The first-order valence-corrected chi connectivity index (χ1v) is 6.62. The summed E-state index contributed by atoms with van der Waals surface area (Å²) in [6.07, 6.45) is 2.18. The minimum atomic E-state index is -0.384. The van der Waals surface area contributed by atoms with E-state index >= 15 is 0 Å². The van der Waals surface area contributed by atoms with Crippen LogP contribution in [0.3, 0.4) is 0 Å². The summed E-state index contributed by atoms with van der Waals surface area (Å²) in [6, 6.07) is 6.68. The third-order valence-corrected chi connectivity index (χ3v) is 3.57. The summed E-state index contributed by atoms with van der Waals surface area (Å²) in [5, 5.41) is 7.16. The number of rotatable bonds is 3. The quantitative estimate of drug-likeness (QED) is 0.927. The van der Waals surface area contributed by atoms with E-state index < -0.39 is 0 Å². The van der Waals surface area contributed by atoms with E-state index in [0.717, 1.165) is 18.6 Å². The molecule has 1 aliphatic carbocycles. The molecule has 1 aromatic carbocycles. The summed E-state index contributed by atoms with van der Waals surface area (Å²) in [5.74, 6) is 0.791. The Morgan fingerprint density at radius 3 is 2.63 bits per heavy atom. The topological polar surface area (TPSA) is 55.1 Å². The Morgan fingerprint density at radius 2 is 2.00 bits per heavy atom. The lowest BCUT2D eigenvalue weighted by atomic mass is 10.2. The summed E-state index contributed by atoms with van der Waals surface area (Å²) in [6.45, 7) is 0. The summed E-state index contributed by atoms with van der Waals surface area (Å²) in [5.41, 5.74) is 0.615. The van der Waals surface area contributed by atoms with Gasteiger partial charge in [0, 0.05) is 12.0 Å². The van der Waals surface area contributed by atoms with Gasteiger partial charge < -0.3 is 9.84 Å². The first-order chi connectivity index (χ1) is 9.15. The fourth-order valence-corrected chi connectivity index (χ4v) is 2.24. The maximum Gasteiger partial charge on any atom is 0.277 e. The molecule has 0 unspecified atom stereocenters. The minimum Gasteiger partial charge on any atom is -0.360 e. The van der Waals surface area contributed by atoms with Crippen molar-refractivity contribution in [3.8, 4) is 0 Å². The predicted octanol–water partition coefficient (Wildman–Crippen LogP) is 4.11. The Morgan fingerprint density at radius 1 is 1.32 bits per heavy atom. The molecule has 1 N–H and O–H groups in total. The number of amides is 1. The lowest BCUT2D eigenvalue weighted by molar-refractivity contribution is 0.101. The number of aromatic nitrogens is 1. The lowest BCUT2D eigenvalue weighted by Crippen LogP contribution is -2.12. The van der Waals surface area contributed by atoms with Gasteiger partial charge in [-0.05, 0) is 25.0 Å². The van der Waals surface area contributed by atoms with Crippen molar-refractivity contribution in [2.75, 3.05) is 5.32 Å². The van der Waals surface area contributed by atoms with Crippen molar-refractivity contribution in [3.63, 3.8) is 0 Å². The van der Waals surface area contributed by atoms with Crippen molar-refractivity contribution < 1.29 is 9.32 Å². The SMILES string of the molecule is O=C(Nc1c(Cl)cccc1Cl)c1cc(C2CC2)on1. The largest absolute Gasteiger partial charge is 0.360 e. The highest BCUT2D eigenvalue weighted by molar-refractivity contribution is 6.39. The van der Waals surface area contributed by atoms with Gasteiger partial charge in [0.25, 0.3) is 5.91 Å². The fourth-order valence-electron chi connectivity index (χ4n) is 1.75. The van der Waals surface area contributed by atoms with Crippen molar-refractivity contribution >= 4 is 34.8 Å². The molecule has 0 bridgehead atoms. The van der Waals surface area contributed by atoms with E-state index in [2.05, 4.69) is 10.5 Å². The summed E-state index contributed by atoms with van der Waals surface area (Å²) >= 11 is 12.0. The molecule has 2 aromatic rings. The average molecular weight is 297 g/mol. The Bertz CT molecular complexity index is 615. The number of nitrogens with one attached hydrogen (secondary N) is 1. The number of nitrogens with zero attached hydrogens (tertiary/aromatic N) is 1. The van der Waals surface area contributed by atoms with Crippen LogP contribution in [-0.2, 0) is 0 Å². The number of anilines is 1. The second kappa shape index (κ2) is 4.87. The van der Waals surface area contributed by atoms with Crippen molar-refractivity contribution in [1.82, 2.24) is 5.16 Å². The van der Waals surface area contributed by atoms with Crippen molar-refractivity contribution in [2.24, 2.45) is 0 Å². The number of halogens is 2. The molecule has 1 fully saturated rings. The van der Waals surface area contributed by atoms with Crippen molar-refractivity contribution in [1.29, 1.82) is 0 Å². The number of carbonyl (C=O) groups is 1. The molecule has 4 nitrogen and oxygen atoms in total. The van der Waals surface area contributed by atoms with Gasteiger partial charge in [0.2, 0.25) is 0 Å². The molecule has 19 heavy (non-hydrogen) atoms. The van der Waals surface area contributed by atoms with Gasteiger partial charge in [-0.1, -0.05) is 34.4 Å². The summed E-state index contributed by atoms with van der Waals surface area (Å²) < 4.78 is 5.13. The maximum absolute atomic E-state index is 12.0. The Kier molecular flexibility index (Phi) is 3.21. The zero-order chi connectivity index (χ0) is 13.4. The normalized spacial score (nSPS) is 14.4. The molecule has 1 heterocycles. The van der Waals surface area contributed by atoms with Crippen LogP contribution in [0.1, 0.15) is 35.0 Å². The van der Waals surface area contributed by atoms with Gasteiger partial charge in [-0.15, -0.1) is 0 Å². The number of benzene rings is 1. The fraction of sp³-hybridized carbons (Fsp3) is 0.231.